The SMILES string of the molecule is CC(=O)N[C@H]1CO[C@H](O)[C@@H](O)[C@@H]1O. The van der Waals surface area contributed by atoms with E-state index in [1.54, 1.807) is 0 Å². The number of amides is 1. The van der Waals surface area contributed by atoms with Crippen molar-refractivity contribution in [2.24, 2.45) is 0 Å². The molecule has 0 aromatic heterocycles. The zero-order valence-electron chi connectivity index (χ0n) is 7.17. The van der Waals surface area contributed by atoms with Crippen LogP contribution >= 0.6 is 0 Å². The second kappa shape index (κ2) is 4.01. The highest BCUT2D eigenvalue weighted by Crippen LogP contribution is 2.13. The number of aliphatic hydroxyl groups excluding tert-OH is 3. The molecule has 1 heterocycles. The summed E-state index contributed by atoms with van der Waals surface area (Å²) in [5, 5.41) is 29.9. The quantitative estimate of drug-likeness (QED) is 0.369. The first kappa shape index (κ1) is 10.4. The molecule has 13 heavy (non-hydrogen) atoms. The standard InChI is InChI=1S/C7H13NO5/c1-3(9)8-4-2-13-7(12)6(11)5(4)10/h4-7,10-12H,2H2,1H3,(H,8,9)/t4-,5+,6-,7-/m0/s1. The molecule has 0 radical (unpaired) electrons. The molecule has 4 atom stereocenters. The van der Waals surface area contributed by atoms with Gasteiger partial charge in [0.1, 0.15) is 12.2 Å². The lowest BCUT2D eigenvalue weighted by molar-refractivity contribution is -0.229. The Kier molecular flexibility index (Phi) is 3.21. The lowest BCUT2D eigenvalue weighted by Crippen LogP contribution is -2.58. The third-order valence-corrected chi connectivity index (χ3v) is 1.89. The Morgan fingerprint density at radius 3 is 2.54 bits per heavy atom. The number of aliphatic hydroxyl groups is 3. The van der Waals surface area contributed by atoms with Gasteiger partial charge in [0.2, 0.25) is 5.91 Å². The molecule has 76 valence electrons. The average Bonchev–Trinajstić information content (AvgIpc) is 2.06. The normalized spacial score (nSPS) is 40.0. The lowest BCUT2D eigenvalue weighted by atomic mass is 10.0. The molecule has 0 aliphatic carbocycles. The van der Waals surface area contributed by atoms with Crippen molar-refractivity contribution in [1.82, 2.24) is 5.32 Å². The zero-order chi connectivity index (χ0) is 10.0. The van der Waals surface area contributed by atoms with Gasteiger partial charge in [-0.15, -0.1) is 0 Å². The highest BCUT2D eigenvalue weighted by atomic mass is 16.6. The molecule has 0 aromatic rings. The fourth-order valence-corrected chi connectivity index (χ4v) is 1.19. The Balaban J connectivity index is 2.53. The predicted octanol–water partition coefficient (Wildman–Crippen LogP) is -2.44. The molecule has 6 heteroatoms. The van der Waals surface area contributed by atoms with Crippen molar-refractivity contribution in [2.45, 2.75) is 31.5 Å². The first-order chi connectivity index (χ1) is 6.02. The van der Waals surface area contributed by atoms with E-state index in [1.165, 1.54) is 6.92 Å². The molecule has 0 unspecified atom stereocenters. The van der Waals surface area contributed by atoms with Crippen molar-refractivity contribution >= 4 is 5.91 Å². The second-order valence-corrected chi connectivity index (χ2v) is 3.01. The number of rotatable bonds is 1. The summed E-state index contributed by atoms with van der Waals surface area (Å²) in [4.78, 5) is 10.6. The van der Waals surface area contributed by atoms with Crippen LogP contribution in [0.5, 0.6) is 0 Å². The van der Waals surface area contributed by atoms with Crippen molar-refractivity contribution in [1.29, 1.82) is 0 Å². The number of hydrogen-bond donors (Lipinski definition) is 4. The summed E-state index contributed by atoms with van der Waals surface area (Å²) in [6, 6.07) is -0.670. The van der Waals surface area contributed by atoms with Crippen LogP contribution in [0.2, 0.25) is 0 Å². The number of nitrogens with one attached hydrogen (secondary N) is 1. The minimum absolute atomic E-state index is 0.0149. The third kappa shape index (κ3) is 2.38. The minimum atomic E-state index is -1.39. The Hall–Kier alpha value is -0.690. The van der Waals surface area contributed by atoms with Crippen molar-refractivity contribution in [3.8, 4) is 0 Å². The summed E-state index contributed by atoms with van der Waals surface area (Å²) in [7, 11) is 0. The van der Waals surface area contributed by atoms with Gasteiger partial charge in [-0.1, -0.05) is 0 Å². The lowest BCUT2D eigenvalue weighted by Gasteiger charge is -2.35. The van der Waals surface area contributed by atoms with Crippen LogP contribution in [0.15, 0.2) is 0 Å². The van der Waals surface area contributed by atoms with Crippen LogP contribution < -0.4 is 5.32 Å². The third-order valence-electron chi connectivity index (χ3n) is 1.89. The van der Waals surface area contributed by atoms with Crippen LogP contribution in [0, 0.1) is 0 Å². The van der Waals surface area contributed by atoms with E-state index in [0.29, 0.717) is 0 Å². The molecule has 1 aliphatic heterocycles. The van der Waals surface area contributed by atoms with Gasteiger partial charge in [-0.25, -0.2) is 0 Å². The number of hydrogen-bond acceptors (Lipinski definition) is 5. The summed E-state index contributed by atoms with van der Waals surface area (Å²) in [5.74, 6) is -0.323. The van der Waals surface area contributed by atoms with Gasteiger partial charge in [0.15, 0.2) is 6.29 Å². The number of carbonyl (C=O) groups excluding carboxylic acids is 1. The molecule has 6 nitrogen and oxygen atoms in total. The van der Waals surface area contributed by atoms with Crippen LogP contribution in [0.25, 0.3) is 0 Å². The van der Waals surface area contributed by atoms with Gasteiger partial charge >= 0.3 is 0 Å². The molecule has 0 bridgehead atoms. The van der Waals surface area contributed by atoms with Crippen LogP contribution in [0.4, 0.5) is 0 Å². The van der Waals surface area contributed by atoms with Crippen molar-refractivity contribution in [3.05, 3.63) is 0 Å². The molecule has 0 saturated carbocycles. The maximum Gasteiger partial charge on any atom is 0.217 e. The molecular weight excluding hydrogens is 178 g/mol. The number of carbonyl (C=O) groups is 1. The Morgan fingerprint density at radius 1 is 1.38 bits per heavy atom. The highest BCUT2D eigenvalue weighted by Gasteiger charge is 2.37. The van der Waals surface area contributed by atoms with E-state index in [4.69, 9.17) is 14.9 Å². The first-order valence-electron chi connectivity index (χ1n) is 3.95. The Bertz CT molecular complexity index is 197. The van der Waals surface area contributed by atoms with Gasteiger partial charge in [-0.3, -0.25) is 4.79 Å². The van der Waals surface area contributed by atoms with E-state index in [1.807, 2.05) is 0 Å². The number of ether oxygens (including phenoxy) is 1. The van der Waals surface area contributed by atoms with Gasteiger partial charge in [0.05, 0.1) is 12.6 Å². The van der Waals surface area contributed by atoms with E-state index in [9.17, 15) is 9.90 Å². The highest BCUT2D eigenvalue weighted by molar-refractivity contribution is 5.73. The van der Waals surface area contributed by atoms with Gasteiger partial charge in [-0.05, 0) is 0 Å². The summed E-state index contributed by atoms with van der Waals surface area (Å²) in [5.41, 5.74) is 0. The predicted molar refractivity (Wildman–Crippen MR) is 41.6 cm³/mol. The van der Waals surface area contributed by atoms with Gasteiger partial charge in [-0.2, -0.15) is 0 Å². The minimum Gasteiger partial charge on any atom is -0.388 e. The van der Waals surface area contributed by atoms with E-state index >= 15 is 0 Å². The van der Waals surface area contributed by atoms with Gasteiger partial charge in [0.25, 0.3) is 0 Å². The van der Waals surface area contributed by atoms with E-state index in [0.717, 1.165) is 0 Å². The molecule has 1 aliphatic rings. The molecule has 1 rings (SSSR count). The van der Waals surface area contributed by atoms with Crippen LogP contribution in [0.3, 0.4) is 0 Å². The van der Waals surface area contributed by atoms with Crippen LogP contribution in [0.1, 0.15) is 6.92 Å². The van der Waals surface area contributed by atoms with Crippen molar-refractivity contribution < 1.29 is 24.9 Å². The maximum absolute atomic E-state index is 10.6. The summed E-state index contributed by atoms with van der Waals surface area (Å²) in [6.07, 6.45) is -3.97. The molecular formula is C7H13NO5. The molecule has 0 spiro atoms. The first-order valence-corrected chi connectivity index (χ1v) is 3.95. The molecule has 1 saturated heterocycles. The molecule has 1 amide bonds. The zero-order valence-corrected chi connectivity index (χ0v) is 7.17. The molecule has 4 N–H and O–H groups in total. The molecule has 0 aromatic carbocycles. The van der Waals surface area contributed by atoms with E-state index in [2.05, 4.69) is 5.32 Å². The van der Waals surface area contributed by atoms with Gasteiger partial charge in [0, 0.05) is 6.92 Å². The average molecular weight is 191 g/mol. The summed E-state index contributed by atoms with van der Waals surface area (Å²) < 4.78 is 4.70. The van der Waals surface area contributed by atoms with Crippen LogP contribution in [-0.4, -0.2) is 52.4 Å². The van der Waals surface area contributed by atoms with E-state index < -0.39 is 24.5 Å². The topological polar surface area (TPSA) is 99.0 Å². The summed E-state index contributed by atoms with van der Waals surface area (Å²) >= 11 is 0. The Labute approximate surface area is 75.1 Å². The largest absolute Gasteiger partial charge is 0.388 e. The monoisotopic (exact) mass is 191 g/mol. The maximum atomic E-state index is 10.6. The summed E-state index contributed by atoms with van der Waals surface area (Å²) in [6.45, 7) is 1.28. The van der Waals surface area contributed by atoms with Gasteiger partial charge < -0.3 is 25.4 Å². The van der Waals surface area contributed by atoms with Crippen molar-refractivity contribution in [2.75, 3.05) is 6.61 Å². The van der Waals surface area contributed by atoms with Crippen molar-refractivity contribution in [3.63, 3.8) is 0 Å². The smallest absolute Gasteiger partial charge is 0.217 e. The second-order valence-electron chi connectivity index (χ2n) is 3.01. The van der Waals surface area contributed by atoms with Crippen LogP contribution in [-0.2, 0) is 9.53 Å². The molecule has 1 fully saturated rings. The fraction of sp³-hybridized carbons (Fsp3) is 0.857. The van der Waals surface area contributed by atoms with E-state index in [-0.39, 0.29) is 12.5 Å². The fourth-order valence-electron chi connectivity index (χ4n) is 1.19. The Morgan fingerprint density at radius 2 is 2.00 bits per heavy atom.